The lowest BCUT2D eigenvalue weighted by Crippen LogP contribution is -2.34. The van der Waals surface area contributed by atoms with Crippen molar-refractivity contribution in [1.82, 2.24) is 15.2 Å². The average molecular weight is 484 g/mol. The molecular weight excluding hydrogens is 450 g/mol. The summed E-state index contributed by atoms with van der Waals surface area (Å²) in [5, 5.41) is 5.50. The highest BCUT2D eigenvalue weighted by molar-refractivity contribution is 7.99. The zero-order valence-corrected chi connectivity index (χ0v) is 21.5. The van der Waals surface area contributed by atoms with Gasteiger partial charge in [0.05, 0.1) is 11.1 Å². The van der Waals surface area contributed by atoms with Crippen molar-refractivity contribution in [3.8, 4) is 0 Å². The molecule has 33 heavy (non-hydrogen) atoms. The van der Waals surface area contributed by atoms with Crippen molar-refractivity contribution in [3.05, 3.63) is 65.2 Å². The van der Waals surface area contributed by atoms with Crippen LogP contribution in [0.15, 0.2) is 64.5 Å². The molecule has 0 aliphatic heterocycles. The summed E-state index contributed by atoms with van der Waals surface area (Å²) in [6.07, 6.45) is 0.931. The van der Waals surface area contributed by atoms with E-state index in [0.717, 1.165) is 46.9 Å². The van der Waals surface area contributed by atoms with Crippen LogP contribution in [-0.4, -0.2) is 42.0 Å². The fraction of sp³-hybridized carbons (Fsp3) is 0.407. The Hall–Kier alpha value is -2.08. The number of rotatable bonds is 11. The Bertz CT molecular complexity index is 1040. The van der Waals surface area contributed by atoms with Crippen molar-refractivity contribution < 1.29 is 4.79 Å². The van der Waals surface area contributed by atoms with Gasteiger partial charge in [0.2, 0.25) is 0 Å². The first-order valence-electron chi connectivity index (χ1n) is 11.7. The first-order chi connectivity index (χ1) is 15.8. The van der Waals surface area contributed by atoms with Gasteiger partial charge in [-0.3, -0.25) is 4.79 Å². The number of nitrogens with zero attached hydrogens (tertiary/aromatic N) is 2. The number of benzene rings is 2. The Morgan fingerprint density at radius 3 is 2.36 bits per heavy atom. The zero-order valence-electron chi connectivity index (χ0n) is 20.0. The molecule has 0 unspecified atom stereocenters. The number of carbonyl (C=O) groups is 1. The van der Waals surface area contributed by atoms with Crippen molar-refractivity contribution in [2.45, 2.75) is 44.0 Å². The number of hydrogen-bond donors (Lipinski definition) is 1. The number of amides is 1. The molecule has 0 fully saturated rings. The first-order valence-corrected chi connectivity index (χ1v) is 12.8. The van der Waals surface area contributed by atoms with Crippen LogP contribution in [0, 0.1) is 11.8 Å². The standard InChI is InChI=1S/C27H34ClN3OS/c1-19(2)17-31(18-20(3)4)15-7-14-29-27(32)24-16-26(30-25-9-6-5-8-23(24)25)33-22-12-10-21(28)11-13-22/h5-6,8-13,16,19-20H,7,14-15,17-18H2,1-4H3,(H,29,32). The summed E-state index contributed by atoms with van der Waals surface area (Å²) in [6.45, 7) is 12.8. The van der Waals surface area contributed by atoms with Gasteiger partial charge in [-0.2, -0.15) is 0 Å². The van der Waals surface area contributed by atoms with E-state index in [9.17, 15) is 4.79 Å². The second-order valence-corrected chi connectivity index (χ2v) is 10.8. The van der Waals surface area contributed by atoms with E-state index in [-0.39, 0.29) is 5.91 Å². The molecule has 176 valence electrons. The summed E-state index contributed by atoms with van der Waals surface area (Å²) in [5.74, 6) is 1.22. The lowest BCUT2D eigenvalue weighted by Gasteiger charge is -2.26. The lowest BCUT2D eigenvalue weighted by molar-refractivity contribution is 0.0952. The van der Waals surface area contributed by atoms with Gasteiger partial charge in [-0.1, -0.05) is 69.3 Å². The molecular formula is C27H34ClN3OS. The Labute approximate surface area is 207 Å². The maximum absolute atomic E-state index is 13.1. The highest BCUT2D eigenvalue weighted by Crippen LogP contribution is 2.30. The van der Waals surface area contributed by atoms with Crippen LogP contribution >= 0.6 is 23.4 Å². The number of aromatic nitrogens is 1. The summed E-state index contributed by atoms with van der Waals surface area (Å²) < 4.78 is 0. The molecule has 0 saturated heterocycles. The van der Waals surface area contributed by atoms with Gasteiger partial charge in [0, 0.05) is 34.9 Å². The van der Waals surface area contributed by atoms with Crippen molar-refractivity contribution in [3.63, 3.8) is 0 Å². The minimum absolute atomic E-state index is 0.0502. The van der Waals surface area contributed by atoms with E-state index in [2.05, 4.69) is 37.9 Å². The van der Waals surface area contributed by atoms with Gasteiger partial charge in [0.15, 0.2) is 0 Å². The predicted molar refractivity (Wildman–Crippen MR) is 140 cm³/mol. The molecule has 1 heterocycles. The van der Waals surface area contributed by atoms with Crippen LogP contribution in [0.1, 0.15) is 44.5 Å². The molecule has 0 saturated carbocycles. The van der Waals surface area contributed by atoms with Crippen molar-refractivity contribution in [2.75, 3.05) is 26.2 Å². The molecule has 6 heteroatoms. The molecule has 0 aliphatic rings. The van der Waals surface area contributed by atoms with Crippen molar-refractivity contribution in [1.29, 1.82) is 0 Å². The van der Waals surface area contributed by atoms with Gasteiger partial charge in [0.25, 0.3) is 5.91 Å². The fourth-order valence-electron chi connectivity index (χ4n) is 3.90. The Kier molecular flexibility index (Phi) is 9.60. The molecule has 1 amide bonds. The highest BCUT2D eigenvalue weighted by Gasteiger charge is 2.14. The molecule has 3 rings (SSSR count). The first kappa shape index (κ1) is 25.5. The van der Waals surface area contributed by atoms with Crippen molar-refractivity contribution in [2.24, 2.45) is 11.8 Å². The van der Waals surface area contributed by atoms with Crippen LogP contribution in [0.4, 0.5) is 0 Å². The van der Waals surface area contributed by atoms with Crippen LogP contribution in [0.5, 0.6) is 0 Å². The number of pyridine rings is 1. The van der Waals surface area contributed by atoms with E-state index in [1.165, 1.54) is 11.8 Å². The van der Waals surface area contributed by atoms with E-state index in [4.69, 9.17) is 16.6 Å². The third kappa shape index (κ3) is 8.02. The fourth-order valence-corrected chi connectivity index (χ4v) is 4.86. The van der Waals surface area contributed by atoms with Crippen LogP contribution < -0.4 is 5.32 Å². The summed E-state index contributed by atoms with van der Waals surface area (Å²) in [4.78, 5) is 21.4. The number of nitrogens with one attached hydrogen (secondary N) is 1. The number of halogens is 1. The van der Waals surface area contributed by atoms with Crippen LogP contribution in [0.25, 0.3) is 10.9 Å². The molecule has 1 aromatic heterocycles. The monoisotopic (exact) mass is 483 g/mol. The third-order valence-electron chi connectivity index (χ3n) is 5.16. The van der Waals surface area contributed by atoms with Gasteiger partial charge >= 0.3 is 0 Å². The molecule has 0 radical (unpaired) electrons. The number of hydrogen-bond acceptors (Lipinski definition) is 4. The summed E-state index contributed by atoms with van der Waals surface area (Å²) in [6, 6.07) is 17.3. The highest BCUT2D eigenvalue weighted by atomic mass is 35.5. The van der Waals surface area contributed by atoms with E-state index in [1.807, 2.05) is 54.6 Å². The minimum atomic E-state index is -0.0502. The average Bonchev–Trinajstić information content (AvgIpc) is 2.76. The quantitative estimate of drug-likeness (QED) is 0.305. The summed E-state index contributed by atoms with van der Waals surface area (Å²) in [7, 11) is 0. The predicted octanol–water partition coefficient (Wildman–Crippen LogP) is 6.77. The topological polar surface area (TPSA) is 45.2 Å². The normalized spacial score (nSPS) is 11.6. The molecule has 0 bridgehead atoms. The Morgan fingerprint density at radius 1 is 1.03 bits per heavy atom. The Balaban J connectivity index is 1.68. The second kappa shape index (κ2) is 12.4. The zero-order chi connectivity index (χ0) is 23.8. The molecule has 0 atom stereocenters. The number of fused-ring (bicyclic) bond motifs is 1. The van der Waals surface area contributed by atoms with E-state index < -0.39 is 0 Å². The molecule has 3 aromatic rings. The van der Waals surface area contributed by atoms with Gasteiger partial charge in [0.1, 0.15) is 5.03 Å². The van der Waals surface area contributed by atoms with Gasteiger partial charge in [-0.15, -0.1) is 0 Å². The van der Waals surface area contributed by atoms with Gasteiger partial charge < -0.3 is 10.2 Å². The maximum atomic E-state index is 13.1. The van der Waals surface area contributed by atoms with Crippen LogP contribution in [-0.2, 0) is 0 Å². The minimum Gasteiger partial charge on any atom is -0.352 e. The smallest absolute Gasteiger partial charge is 0.252 e. The van der Waals surface area contributed by atoms with E-state index in [1.54, 1.807) is 0 Å². The van der Waals surface area contributed by atoms with E-state index in [0.29, 0.717) is 29.0 Å². The Morgan fingerprint density at radius 2 is 1.70 bits per heavy atom. The van der Waals surface area contributed by atoms with Gasteiger partial charge in [-0.05, 0) is 61.2 Å². The lowest BCUT2D eigenvalue weighted by atomic mass is 10.1. The second-order valence-electron chi connectivity index (χ2n) is 9.24. The maximum Gasteiger partial charge on any atom is 0.252 e. The third-order valence-corrected chi connectivity index (χ3v) is 6.33. The molecule has 0 spiro atoms. The largest absolute Gasteiger partial charge is 0.352 e. The summed E-state index contributed by atoms with van der Waals surface area (Å²) >= 11 is 7.54. The molecule has 0 aliphatic carbocycles. The van der Waals surface area contributed by atoms with E-state index >= 15 is 0 Å². The number of para-hydroxylation sites is 1. The van der Waals surface area contributed by atoms with Gasteiger partial charge in [-0.25, -0.2) is 4.98 Å². The molecule has 2 aromatic carbocycles. The number of carbonyl (C=O) groups excluding carboxylic acids is 1. The molecule has 1 N–H and O–H groups in total. The SMILES string of the molecule is CC(C)CN(CCCNC(=O)c1cc(Sc2ccc(Cl)cc2)nc2ccccc12)CC(C)C. The van der Waals surface area contributed by atoms with Crippen LogP contribution in [0.3, 0.4) is 0 Å². The van der Waals surface area contributed by atoms with Crippen molar-refractivity contribution >= 4 is 40.2 Å². The van der Waals surface area contributed by atoms with Crippen LogP contribution in [0.2, 0.25) is 5.02 Å². The summed E-state index contributed by atoms with van der Waals surface area (Å²) in [5.41, 5.74) is 1.49. The molecule has 4 nitrogen and oxygen atoms in total.